The zero-order valence-corrected chi connectivity index (χ0v) is 18.5. The van der Waals surface area contributed by atoms with Gasteiger partial charge < -0.3 is 14.4 Å². The van der Waals surface area contributed by atoms with Crippen LogP contribution in [-0.4, -0.2) is 26.5 Å². The van der Waals surface area contributed by atoms with Crippen molar-refractivity contribution in [3.05, 3.63) is 72.6 Å². The number of aromatic nitrogens is 2. The number of fused-ring (bicyclic) bond motifs is 1. The summed E-state index contributed by atoms with van der Waals surface area (Å²) in [6.07, 6.45) is 4.02. The number of thioether (sulfide) groups is 1. The first kappa shape index (κ1) is 20.4. The summed E-state index contributed by atoms with van der Waals surface area (Å²) in [6.45, 7) is 7.39. The smallest absolute Gasteiger partial charge is 0.212 e. The highest BCUT2D eigenvalue weighted by molar-refractivity contribution is 8.00. The molecule has 0 radical (unpaired) electrons. The summed E-state index contributed by atoms with van der Waals surface area (Å²) in [5, 5.41) is 11.1. The van der Waals surface area contributed by atoms with Gasteiger partial charge in [-0.15, -0.1) is 11.8 Å². The van der Waals surface area contributed by atoms with Gasteiger partial charge in [0.15, 0.2) is 0 Å². The summed E-state index contributed by atoms with van der Waals surface area (Å²) in [6, 6.07) is 18.1. The average Bonchev–Trinajstić information content (AvgIpc) is 3.03. The Morgan fingerprint density at radius 2 is 1.73 bits per heavy atom. The topological polar surface area (TPSA) is 47.3 Å². The van der Waals surface area contributed by atoms with Gasteiger partial charge in [0.25, 0.3) is 0 Å². The summed E-state index contributed by atoms with van der Waals surface area (Å²) >= 11 is 1.82. The van der Waals surface area contributed by atoms with Crippen molar-refractivity contribution in [1.29, 1.82) is 0 Å². The largest absolute Gasteiger partial charge is 0.508 e. The summed E-state index contributed by atoms with van der Waals surface area (Å²) < 4.78 is 7.49. The number of rotatable bonds is 5. The predicted octanol–water partition coefficient (Wildman–Crippen LogP) is 6.36. The number of ether oxygens (including phenoxy) is 1. The Labute approximate surface area is 181 Å². The fourth-order valence-electron chi connectivity index (χ4n) is 3.47. The van der Waals surface area contributed by atoms with E-state index in [0.29, 0.717) is 11.6 Å². The molecule has 0 saturated heterocycles. The highest BCUT2D eigenvalue weighted by Crippen LogP contribution is 2.39. The average molecular weight is 419 g/mol. The maximum Gasteiger partial charge on any atom is 0.212 e. The van der Waals surface area contributed by atoms with Crippen molar-refractivity contribution in [2.75, 3.05) is 7.11 Å². The molecule has 2 aromatic heterocycles. The molecule has 0 amide bonds. The molecular formula is C25H26N2O2S. The number of hydrogen-bond acceptors (Lipinski definition) is 4. The van der Waals surface area contributed by atoms with E-state index in [2.05, 4.69) is 60.8 Å². The Morgan fingerprint density at radius 1 is 1.00 bits per heavy atom. The molecule has 0 bridgehead atoms. The molecule has 4 rings (SSSR count). The quantitative estimate of drug-likeness (QED) is 0.383. The maximum atomic E-state index is 9.99. The molecule has 0 aliphatic heterocycles. The van der Waals surface area contributed by atoms with Gasteiger partial charge in [-0.3, -0.25) is 0 Å². The van der Waals surface area contributed by atoms with E-state index in [9.17, 15) is 5.11 Å². The van der Waals surface area contributed by atoms with Crippen molar-refractivity contribution in [2.24, 2.45) is 0 Å². The second-order valence-corrected chi connectivity index (χ2v) is 10.2. The first-order valence-corrected chi connectivity index (χ1v) is 10.7. The van der Waals surface area contributed by atoms with E-state index in [0.717, 1.165) is 28.6 Å². The second-order valence-electron chi connectivity index (χ2n) is 8.32. The van der Waals surface area contributed by atoms with Crippen LogP contribution in [0.4, 0.5) is 0 Å². The lowest BCUT2D eigenvalue weighted by Gasteiger charge is -2.16. The number of aromatic hydroxyl groups is 1. The molecule has 0 fully saturated rings. The Morgan fingerprint density at radius 3 is 2.37 bits per heavy atom. The zero-order valence-electron chi connectivity index (χ0n) is 17.7. The number of nitrogens with zero attached hydrogens (tertiary/aromatic N) is 2. The van der Waals surface area contributed by atoms with Crippen LogP contribution in [0.25, 0.3) is 22.0 Å². The van der Waals surface area contributed by atoms with Crippen LogP contribution >= 0.6 is 11.8 Å². The minimum Gasteiger partial charge on any atom is -0.508 e. The monoisotopic (exact) mass is 418 g/mol. The molecule has 2 heterocycles. The maximum absolute atomic E-state index is 9.99. The van der Waals surface area contributed by atoms with Crippen molar-refractivity contribution in [3.8, 4) is 22.8 Å². The molecule has 0 atom stereocenters. The SMILES string of the molecule is COc1ccc(-c2ccc(Cn3cc(SC(C)(C)C)c4cc(O)ccc43)cc2)cn1. The molecule has 1 N–H and O–H groups in total. The van der Waals surface area contributed by atoms with Gasteiger partial charge in [0.1, 0.15) is 5.75 Å². The van der Waals surface area contributed by atoms with Gasteiger partial charge in [-0.2, -0.15) is 0 Å². The van der Waals surface area contributed by atoms with Crippen LogP contribution in [0.1, 0.15) is 26.3 Å². The third-order valence-electron chi connectivity index (χ3n) is 4.83. The Kier molecular flexibility index (Phi) is 5.48. The van der Waals surface area contributed by atoms with Crippen molar-refractivity contribution < 1.29 is 9.84 Å². The lowest BCUT2D eigenvalue weighted by Crippen LogP contribution is -2.06. The second kappa shape index (κ2) is 8.07. The van der Waals surface area contributed by atoms with Gasteiger partial charge in [-0.1, -0.05) is 45.0 Å². The van der Waals surface area contributed by atoms with E-state index in [1.165, 1.54) is 10.5 Å². The van der Waals surface area contributed by atoms with Crippen LogP contribution in [0.5, 0.6) is 11.6 Å². The van der Waals surface area contributed by atoms with Crippen LogP contribution < -0.4 is 4.74 Å². The molecule has 0 saturated carbocycles. The molecule has 5 heteroatoms. The van der Waals surface area contributed by atoms with E-state index in [-0.39, 0.29) is 4.75 Å². The van der Waals surface area contributed by atoms with Crippen LogP contribution in [-0.2, 0) is 6.54 Å². The van der Waals surface area contributed by atoms with Crippen molar-refractivity contribution in [1.82, 2.24) is 9.55 Å². The number of benzene rings is 2. The first-order chi connectivity index (χ1) is 14.3. The molecule has 0 aliphatic carbocycles. The zero-order chi connectivity index (χ0) is 21.3. The Hall–Kier alpha value is -2.92. The summed E-state index contributed by atoms with van der Waals surface area (Å²) in [7, 11) is 1.62. The van der Waals surface area contributed by atoms with E-state index in [4.69, 9.17) is 4.74 Å². The molecular weight excluding hydrogens is 392 g/mol. The van der Waals surface area contributed by atoms with Gasteiger partial charge in [-0.05, 0) is 35.4 Å². The van der Waals surface area contributed by atoms with Crippen molar-refractivity contribution in [3.63, 3.8) is 0 Å². The third-order valence-corrected chi connectivity index (χ3v) is 5.99. The standard InChI is InChI=1S/C25H26N2O2S/c1-25(2,3)30-23-16-27(22-11-10-20(28)13-21(22)23)15-17-5-7-18(8-6-17)19-9-12-24(29-4)26-14-19/h5-14,16,28H,15H2,1-4H3. The van der Waals surface area contributed by atoms with Gasteiger partial charge in [-0.25, -0.2) is 4.98 Å². The summed E-state index contributed by atoms with van der Waals surface area (Å²) in [5.41, 5.74) is 4.54. The Balaban J connectivity index is 1.62. The highest BCUT2D eigenvalue weighted by Gasteiger charge is 2.17. The first-order valence-electron chi connectivity index (χ1n) is 9.93. The molecule has 4 aromatic rings. The van der Waals surface area contributed by atoms with Crippen molar-refractivity contribution >= 4 is 22.7 Å². The lowest BCUT2D eigenvalue weighted by molar-refractivity contribution is 0.398. The lowest BCUT2D eigenvalue weighted by atomic mass is 10.1. The third kappa shape index (κ3) is 4.46. The Bertz CT molecular complexity index is 1160. The molecule has 0 unspecified atom stereocenters. The van der Waals surface area contributed by atoms with Gasteiger partial charge >= 0.3 is 0 Å². The predicted molar refractivity (Wildman–Crippen MR) is 125 cm³/mol. The molecule has 30 heavy (non-hydrogen) atoms. The van der Waals surface area contributed by atoms with Crippen LogP contribution in [0, 0.1) is 0 Å². The van der Waals surface area contributed by atoms with Gasteiger partial charge in [0.2, 0.25) is 5.88 Å². The number of phenolic OH excluding ortho intramolecular Hbond substituents is 1. The van der Waals surface area contributed by atoms with Gasteiger partial charge in [0, 0.05) is 51.1 Å². The normalized spacial score (nSPS) is 11.7. The van der Waals surface area contributed by atoms with Crippen LogP contribution in [0.3, 0.4) is 0 Å². The van der Waals surface area contributed by atoms with E-state index in [1.54, 1.807) is 13.2 Å². The van der Waals surface area contributed by atoms with E-state index in [1.807, 2.05) is 42.2 Å². The van der Waals surface area contributed by atoms with E-state index >= 15 is 0 Å². The molecule has 2 aromatic carbocycles. The summed E-state index contributed by atoms with van der Waals surface area (Å²) in [5.74, 6) is 0.915. The van der Waals surface area contributed by atoms with Crippen LogP contribution in [0.2, 0.25) is 0 Å². The molecule has 4 nitrogen and oxygen atoms in total. The fraction of sp³-hybridized carbons (Fsp3) is 0.240. The minimum absolute atomic E-state index is 0.0959. The fourth-order valence-corrected chi connectivity index (χ4v) is 4.58. The highest BCUT2D eigenvalue weighted by atomic mass is 32.2. The number of methoxy groups -OCH3 is 1. The number of pyridine rings is 1. The van der Waals surface area contributed by atoms with Gasteiger partial charge in [0.05, 0.1) is 7.11 Å². The molecule has 0 aliphatic rings. The summed E-state index contributed by atoms with van der Waals surface area (Å²) in [4.78, 5) is 5.48. The molecule has 0 spiro atoms. The van der Waals surface area contributed by atoms with E-state index < -0.39 is 0 Å². The molecule has 154 valence electrons. The minimum atomic E-state index is 0.0959. The van der Waals surface area contributed by atoms with Crippen molar-refractivity contribution in [2.45, 2.75) is 37.0 Å². The number of phenols is 1. The van der Waals surface area contributed by atoms with Crippen LogP contribution in [0.15, 0.2) is 71.9 Å². The number of hydrogen-bond donors (Lipinski definition) is 1.